The van der Waals surface area contributed by atoms with E-state index in [1.165, 1.54) is 0 Å². The van der Waals surface area contributed by atoms with Crippen LogP contribution in [0.2, 0.25) is 0 Å². The average molecular weight is 499 g/mol. The standard InChI is InChI=1S/C31H34N2O4/c1-19(2)33(20(3)4)29(34)23-9-7-22(8-10-23)26-17-25(12-6-21(26)5)32-30(35)31(14-15-31)24-11-13-27-28(16-24)37-18-36-27/h6-13,16-17,19-20H,14-15,18H2,1-5H3,(H,32,35). The number of amides is 2. The first kappa shape index (κ1) is 24.9. The predicted octanol–water partition coefficient (Wildman–Crippen LogP) is 6.32. The molecule has 1 heterocycles. The number of rotatable bonds is 7. The average Bonchev–Trinajstić information content (AvgIpc) is 3.55. The summed E-state index contributed by atoms with van der Waals surface area (Å²) in [6.07, 6.45) is 1.60. The Kier molecular flexibility index (Phi) is 6.44. The maximum absolute atomic E-state index is 13.4. The first-order valence-corrected chi connectivity index (χ1v) is 12.9. The minimum atomic E-state index is -0.535. The number of benzene rings is 3. The monoisotopic (exact) mass is 498 g/mol. The van der Waals surface area contributed by atoms with Crippen LogP contribution in [0.25, 0.3) is 11.1 Å². The summed E-state index contributed by atoms with van der Waals surface area (Å²) in [4.78, 5) is 28.4. The number of hydrogen-bond donors (Lipinski definition) is 1. The smallest absolute Gasteiger partial charge is 0.254 e. The van der Waals surface area contributed by atoms with E-state index in [-0.39, 0.29) is 30.7 Å². The molecule has 0 bridgehead atoms. The number of carbonyl (C=O) groups is 2. The Morgan fingerprint density at radius 3 is 2.19 bits per heavy atom. The van der Waals surface area contributed by atoms with E-state index in [4.69, 9.17) is 9.47 Å². The molecule has 0 atom stereocenters. The van der Waals surface area contributed by atoms with Crippen LogP contribution in [-0.2, 0) is 10.2 Å². The van der Waals surface area contributed by atoms with Gasteiger partial charge >= 0.3 is 0 Å². The molecule has 192 valence electrons. The minimum Gasteiger partial charge on any atom is -0.454 e. The number of aryl methyl sites for hydroxylation is 1. The zero-order chi connectivity index (χ0) is 26.3. The lowest BCUT2D eigenvalue weighted by atomic mass is 9.94. The van der Waals surface area contributed by atoms with Crippen LogP contribution in [0.4, 0.5) is 5.69 Å². The molecular formula is C31H34N2O4. The molecule has 2 aliphatic rings. The van der Waals surface area contributed by atoms with Gasteiger partial charge in [0, 0.05) is 23.3 Å². The number of hydrogen-bond acceptors (Lipinski definition) is 4. The van der Waals surface area contributed by atoms with Gasteiger partial charge < -0.3 is 19.7 Å². The lowest BCUT2D eigenvalue weighted by molar-refractivity contribution is -0.118. The van der Waals surface area contributed by atoms with Crippen molar-refractivity contribution in [3.63, 3.8) is 0 Å². The Hall–Kier alpha value is -3.80. The van der Waals surface area contributed by atoms with Crippen LogP contribution in [0.3, 0.4) is 0 Å². The fourth-order valence-corrected chi connectivity index (χ4v) is 5.23. The molecule has 1 aliphatic carbocycles. The number of nitrogens with zero attached hydrogens (tertiary/aromatic N) is 1. The van der Waals surface area contributed by atoms with Crippen molar-refractivity contribution in [2.24, 2.45) is 0 Å². The molecule has 37 heavy (non-hydrogen) atoms. The molecule has 1 N–H and O–H groups in total. The van der Waals surface area contributed by atoms with Crippen molar-refractivity contribution in [2.45, 2.75) is 65.0 Å². The Morgan fingerprint density at radius 2 is 1.54 bits per heavy atom. The van der Waals surface area contributed by atoms with E-state index < -0.39 is 5.41 Å². The van der Waals surface area contributed by atoms with Crippen LogP contribution in [0.15, 0.2) is 60.7 Å². The third-order valence-electron chi connectivity index (χ3n) is 7.40. The second-order valence-electron chi connectivity index (χ2n) is 10.6. The summed E-state index contributed by atoms with van der Waals surface area (Å²) in [5, 5.41) is 3.15. The minimum absolute atomic E-state index is 0.00965. The molecule has 5 rings (SSSR count). The van der Waals surface area contributed by atoms with Crippen LogP contribution in [0.1, 0.15) is 62.0 Å². The van der Waals surface area contributed by atoms with E-state index >= 15 is 0 Å². The van der Waals surface area contributed by atoms with Crippen molar-refractivity contribution in [1.82, 2.24) is 4.90 Å². The second kappa shape index (κ2) is 9.58. The summed E-state index contributed by atoms with van der Waals surface area (Å²) in [5.41, 5.74) is 4.97. The first-order valence-electron chi connectivity index (χ1n) is 12.9. The summed E-state index contributed by atoms with van der Waals surface area (Å²) >= 11 is 0. The van der Waals surface area contributed by atoms with E-state index in [1.807, 2.05) is 100 Å². The lowest BCUT2D eigenvalue weighted by Gasteiger charge is -2.30. The van der Waals surface area contributed by atoms with Crippen molar-refractivity contribution in [2.75, 3.05) is 12.1 Å². The third kappa shape index (κ3) is 4.68. The third-order valence-corrected chi connectivity index (χ3v) is 7.40. The summed E-state index contributed by atoms with van der Waals surface area (Å²) < 4.78 is 10.9. The topological polar surface area (TPSA) is 67.9 Å². The van der Waals surface area contributed by atoms with Gasteiger partial charge in [-0.15, -0.1) is 0 Å². The Morgan fingerprint density at radius 1 is 0.865 bits per heavy atom. The molecule has 1 saturated carbocycles. The molecule has 0 unspecified atom stereocenters. The van der Waals surface area contributed by atoms with Crippen molar-refractivity contribution in [3.05, 3.63) is 77.4 Å². The quantitative estimate of drug-likeness (QED) is 0.414. The molecule has 0 radical (unpaired) electrons. The summed E-state index contributed by atoms with van der Waals surface area (Å²) in [5.74, 6) is 1.44. The number of ether oxygens (including phenoxy) is 2. The fraction of sp³-hybridized carbons (Fsp3) is 0.355. The highest BCUT2D eigenvalue weighted by Gasteiger charge is 2.51. The normalized spacial score (nSPS) is 15.1. The molecule has 0 spiro atoms. The highest BCUT2D eigenvalue weighted by molar-refractivity contribution is 6.02. The van der Waals surface area contributed by atoms with Crippen LogP contribution in [0, 0.1) is 6.92 Å². The van der Waals surface area contributed by atoms with E-state index in [2.05, 4.69) is 5.32 Å². The van der Waals surface area contributed by atoms with Gasteiger partial charge in [-0.25, -0.2) is 0 Å². The zero-order valence-electron chi connectivity index (χ0n) is 22.1. The number of carbonyl (C=O) groups excluding carboxylic acids is 2. The maximum Gasteiger partial charge on any atom is 0.254 e. The predicted molar refractivity (Wildman–Crippen MR) is 145 cm³/mol. The second-order valence-corrected chi connectivity index (χ2v) is 10.6. The largest absolute Gasteiger partial charge is 0.454 e. The van der Waals surface area contributed by atoms with Crippen molar-refractivity contribution < 1.29 is 19.1 Å². The maximum atomic E-state index is 13.4. The fourth-order valence-electron chi connectivity index (χ4n) is 5.23. The van der Waals surface area contributed by atoms with Crippen LogP contribution in [-0.4, -0.2) is 35.6 Å². The Bertz CT molecular complexity index is 1330. The van der Waals surface area contributed by atoms with Gasteiger partial charge in [-0.05, 0) is 106 Å². The first-order chi connectivity index (χ1) is 17.7. The van der Waals surface area contributed by atoms with E-state index in [1.54, 1.807) is 0 Å². The van der Waals surface area contributed by atoms with Gasteiger partial charge in [0.25, 0.3) is 5.91 Å². The molecule has 1 fully saturated rings. The van der Waals surface area contributed by atoms with Crippen LogP contribution in [0.5, 0.6) is 11.5 Å². The molecule has 2 amide bonds. The van der Waals surface area contributed by atoms with Gasteiger partial charge in [0.05, 0.1) is 5.41 Å². The lowest BCUT2D eigenvalue weighted by Crippen LogP contribution is -2.42. The van der Waals surface area contributed by atoms with Gasteiger partial charge in [-0.2, -0.15) is 0 Å². The molecule has 1 aliphatic heterocycles. The van der Waals surface area contributed by atoms with Gasteiger partial charge in [-0.1, -0.05) is 24.3 Å². The summed E-state index contributed by atoms with van der Waals surface area (Å²) in [6.45, 7) is 10.4. The summed E-state index contributed by atoms with van der Waals surface area (Å²) in [7, 11) is 0. The Balaban J connectivity index is 1.35. The van der Waals surface area contributed by atoms with Crippen molar-refractivity contribution in [1.29, 1.82) is 0 Å². The van der Waals surface area contributed by atoms with Gasteiger partial charge in [0.2, 0.25) is 12.7 Å². The van der Waals surface area contributed by atoms with Crippen LogP contribution >= 0.6 is 0 Å². The van der Waals surface area contributed by atoms with Gasteiger partial charge in [0.1, 0.15) is 0 Å². The molecule has 0 saturated heterocycles. The van der Waals surface area contributed by atoms with E-state index in [9.17, 15) is 9.59 Å². The van der Waals surface area contributed by atoms with E-state index in [0.717, 1.165) is 46.5 Å². The molecule has 3 aromatic carbocycles. The highest BCUT2D eigenvalue weighted by Crippen LogP contribution is 2.51. The highest BCUT2D eigenvalue weighted by atomic mass is 16.7. The van der Waals surface area contributed by atoms with Crippen molar-refractivity contribution >= 4 is 17.5 Å². The van der Waals surface area contributed by atoms with E-state index in [0.29, 0.717) is 11.3 Å². The van der Waals surface area contributed by atoms with Crippen LogP contribution < -0.4 is 14.8 Å². The number of nitrogens with one attached hydrogen (secondary N) is 1. The number of anilines is 1. The van der Waals surface area contributed by atoms with Gasteiger partial charge in [-0.3, -0.25) is 9.59 Å². The SMILES string of the molecule is Cc1ccc(NC(=O)C2(c3ccc4c(c3)OCO4)CC2)cc1-c1ccc(C(=O)N(C(C)C)C(C)C)cc1. The number of fused-ring (bicyclic) bond motifs is 1. The molecule has 3 aromatic rings. The molecule has 6 heteroatoms. The zero-order valence-corrected chi connectivity index (χ0v) is 22.1. The summed E-state index contributed by atoms with van der Waals surface area (Å²) in [6, 6.07) is 19.7. The Labute approximate surface area is 218 Å². The van der Waals surface area contributed by atoms with Gasteiger partial charge in [0.15, 0.2) is 11.5 Å². The molecule has 0 aromatic heterocycles. The molecule has 6 nitrogen and oxygen atoms in total. The van der Waals surface area contributed by atoms with Crippen molar-refractivity contribution in [3.8, 4) is 22.6 Å². The molecular weight excluding hydrogens is 464 g/mol.